The van der Waals surface area contributed by atoms with Crippen LogP contribution in [0.15, 0.2) is 29.8 Å². The van der Waals surface area contributed by atoms with E-state index in [4.69, 9.17) is 4.98 Å². The van der Waals surface area contributed by atoms with Crippen LogP contribution in [0.5, 0.6) is 0 Å². The summed E-state index contributed by atoms with van der Waals surface area (Å²) in [7, 11) is 0. The summed E-state index contributed by atoms with van der Waals surface area (Å²) in [6, 6.07) is 4.99. The fourth-order valence-electron chi connectivity index (χ4n) is 3.19. The fraction of sp³-hybridized carbons (Fsp3) is 0.318. The van der Waals surface area contributed by atoms with Crippen molar-refractivity contribution < 1.29 is 9.18 Å². The summed E-state index contributed by atoms with van der Waals surface area (Å²) in [6.45, 7) is 9.03. The molecule has 7 heteroatoms. The Labute approximate surface area is 169 Å². The van der Waals surface area contributed by atoms with Crippen LogP contribution in [0.25, 0.3) is 22.3 Å². The smallest absolute Gasteiger partial charge is 0.207 e. The molecule has 29 heavy (non-hydrogen) atoms. The number of benzene rings is 1. The fourth-order valence-corrected chi connectivity index (χ4v) is 3.19. The predicted octanol–water partition coefficient (Wildman–Crippen LogP) is 4.05. The quantitative estimate of drug-likeness (QED) is 0.305. The molecular formula is C22H26FN5O. The monoisotopic (exact) mass is 395 g/mol. The van der Waals surface area contributed by atoms with Crippen LogP contribution in [0.3, 0.4) is 0 Å². The van der Waals surface area contributed by atoms with Gasteiger partial charge in [0.1, 0.15) is 17.2 Å². The highest BCUT2D eigenvalue weighted by Crippen LogP contribution is 2.31. The molecule has 1 aromatic carbocycles. The van der Waals surface area contributed by atoms with Crippen molar-refractivity contribution in [3.8, 4) is 11.3 Å². The number of carbonyl (C=O) groups excluding carboxylic acids is 1. The van der Waals surface area contributed by atoms with Crippen molar-refractivity contribution in [3.05, 3.63) is 52.6 Å². The largest absolute Gasteiger partial charge is 0.365 e. The maximum absolute atomic E-state index is 14.9. The molecule has 0 bridgehead atoms. The Kier molecular flexibility index (Phi) is 6.26. The van der Waals surface area contributed by atoms with Crippen molar-refractivity contribution in [3.63, 3.8) is 0 Å². The SMILES string of the molecule is C/C=C(\C)CNc1nc2c(-c3cc(C)c(CCNC=O)[nH]3)c(F)ccc2nc1C. The molecule has 3 rings (SSSR count). The zero-order chi connectivity index (χ0) is 21.0. The minimum absolute atomic E-state index is 0.356. The number of hydrogen-bond donors (Lipinski definition) is 3. The van der Waals surface area contributed by atoms with Crippen LogP contribution in [-0.2, 0) is 11.2 Å². The van der Waals surface area contributed by atoms with E-state index in [0.29, 0.717) is 54.0 Å². The molecule has 152 valence electrons. The van der Waals surface area contributed by atoms with Gasteiger partial charge >= 0.3 is 0 Å². The number of rotatable bonds is 8. The van der Waals surface area contributed by atoms with Gasteiger partial charge in [-0.25, -0.2) is 14.4 Å². The molecule has 2 heterocycles. The third-order valence-corrected chi connectivity index (χ3v) is 4.98. The summed E-state index contributed by atoms with van der Waals surface area (Å²) >= 11 is 0. The standard InChI is InChI=1S/C22H26FN5O/c1-5-13(2)11-25-22-15(4)26-18-7-6-16(23)20(21(18)28-22)19-10-14(3)17(27-19)8-9-24-12-29/h5-7,10,12,27H,8-9,11H2,1-4H3,(H,24,29)(H,25,28)/b13-5+. The molecule has 0 radical (unpaired) electrons. The third kappa shape index (κ3) is 4.45. The van der Waals surface area contributed by atoms with Gasteiger partial charge in [0.2, 0.25) is 6.41 Å². The molecule has 3 aromatic rings. The highest BCUT2D eigenvalue weighted by atomic mass is 19.1. The van der Waals surface area contributed by atoms with Crippen molar-refractivity contribution in [1.29, 1.82) is 0 Å². The molecule has 0 fully saturated rings. The summed E-state index contributed by atoms with van der Waals surface area (Å²) < 4.78 is 14.9. The van der Waals surface area contributed by atoms with Gasteiger partial charge < -0.3 is 15.6 Å². The highest BCUT2D eigenvalue weighted by Gasteiger charge is 2.17. The lowest BCUT2D eigenvalue weighted by Gasteiger charge is -2.12. The zero-order valence-corrected chi connectivity index (χ0v) is 17.2. The normalized spacial score (nSPS) is 11.7. The summed E-state index contributed by atoms with van der Waals surface area (Å²) in [5.41, 5.74) is 6.11. The number of aromatic amines is 1. The van der Waals surface area contributed by atoms with Crippen molar-refractivity contribution in [2.75, 3.05) is 18.4 Å². The summed E-state index contributed by atoms with van der Waals surface area (Å²) in [5.74, 6) is 0.286. The molecule has 1 amide bonds. The maximum Gasteiger partial charge on any atom is 0.207 e. The number of nitrogens with zero attached hydrogens (tertiary/aromatic N) is 2. The second-order valence-corrected chi connectivity index (χ2v) is 7.10. The number of aryl methyl sites for hydroxylation is 2. The lowest BCUT2D eigenvalue weighted by atomic mass is 10.1. The Balaban J connectivity index is 2.06. The average molecular weight is 395 g/mol. The number of nitrogens with one attached hydrogen (secondary N) is 3. The van der Waals surface area contributed by atoms with Crippen molar-refractivity contribution in [2.24, 2.45) is 0 Å². The van der Waals surface area contributed by atoms with Crippen LogP contribution in [0.2, 0.25) is 0 Å². The Bertz CT molecular complexity index is 1070. The average Bonchev–Trinajstić information content (AvgIpc) is 3.06. The molecule has 2 aromatic heterocycles. The van der Waals surface area contributed by atoms with Gasteiger partial charge in [0, 0.05) is 25.2 Å². The van der Waals surface area contributed by atoms with Crippen molar-refractivity contribution in [1.82, 2.24) is 20.3 Å². The first-order valence-electron chi connectivity index (χ1n) is 9.63. The van der Waals surface area contributed by atoms with E-state index in [1.54, 1.807) is 6.07 Å². The number of allylic oxidation sites excluding steroid dienone is 1. The van der Waals surface area contributed by atoms with Gasteiger partial charge in [0.15, 0.2) is 0 Å². The van der Waals surface area contributed by atoms with E-state index < -0.39 is 0 Å². The Morgan fingerprint density at radius 2 is 2.07 bits per heavy atom. The molecule has 0 saturated carbocycles. The molecule has 0 aliphatic rings. The van der Waals surface area contributed by atoms with Crippen molar-refractivity contribution in [2.45, 2.75) is 34.1 Å². The molecule has 0 unspecified atom stereocenters. The first-order chi connectivity index (χ1) is 13.9. The third-order valence-electron chi connectivity index (χ3n) is 4.98. The van der Waals surface area contributed by atoms with E-state index in [1.165, 1.54) is 11.6 Å². The van der Waals surface area contributed by atoms with E-state index in [0.717, 1.165) is 17.0 Å². The molecule has 3 N–H and O–H groups in total. The van der Waals surface area contributed by atoms with E-state index >= 15 is 0 Å². The topological polar surface area (TPSA) is 82.7 Å². The zero-order valence-electron chi connectivity index (χ0n) is 17.2. The number of halogens is 1. The minimum atomic E-state index is -0.356. The second kappa shape index (κ2) is 8.86. The van der Waals surface area contributed by atoms with Gasteiger partial charge in [-0.1, -0.05) is 11.6 Å². The Morgan fingerprint density at radius 3 is 2.79 bits per heavy atom. The molecule has 0 aliphatic carbocycles. The van der Waals surface area contributed by atoms with E-state index in [9.17, 15) is 9.18 Å². The number of H-pyrrole nitrogens is 1. The minimum Gasteiger partial charge on any atom is -0.365 e. The van der Waals surface area contributed by atoms with Crippen LogP contribution in [0, 0.1) is 19.7 Å². The van der Waals surface area contributed by atoms with Crippen LogP contribution in [0.4, 0.5) is 10.2 Å². The first kappa shape index (κ1) is 20.5. The summed E-state index contributed by atoms with van der Waals surface area (Å²) in [4.78, 5) is 23.1. The number of carbonyl (C=O) groups is 1. The number of aromatic nitrogens is 3. The first-order valence-corrected chi connectivity index (χ1v) is 9.63. The number of fused-ring (bicyclic) bond motifs is 1. The molecular weight excluding hydrogens is 369 g/mol. The lowest BCUT2D eigenvalue weighted by molar-refractivity contribution is -0.109. The van der Waals surface area contributed by atoms with Crippen LogP contribution in [0.1, 0.15) is 30.8 Å². The Hall–Kier alpha value is -3.22. The van der Waals surface area contributed by atoms with Gasteiger partial charge in [-0.05, 0) is 51.5 Å². The highest BCUT2D eigenvalue weighted by molar-refractivity contribution is 5.92. The molecule has 0 spiro atoms. The Morgan fingerprint density at radius 1 is 1.28 bits per heavy atom. The second-order valence-electron chi connectivity index (χ2n) is 7.10. The van der Waals surface area contributed by atoms with Gasteiger partial charge in [0.25, 0.3) is 0 Å². The van der Waals surface area contributed by atoms with E-state index in [2.05, 4.69) is 20.6 Å². The predicted molar refractivity (Wildman–Crippen MR) is 114 cm³/mol. The molecule has 0 aliphatic heterocycles. The number of anilines is 1. The van der Waals surface area contributed by atoms with Gasteiger partial charge in [-0.15, -0.1) is 0 Å². The number of amides is 1. The van der Waals surface area contributed by atoms with Crippen LogP contribution >= 0.6 is 0 Å². The lowest BCUT2D eigenvalue weighted by Crippen LogP contribution is -2.14. The molecule has 6 nitrogen and oxygen atoms in total. The van der Waals surface area contributed by atoms with Gasteiger partial charge in [-0.2, -0.15) is 0 Å². The van der Waals surface area contributed by atoms with Gasteiger partial charge in [0.05, 0.1) is 22.5 Å². The molecule has 0 atom stereocenters. The van der Waals surface area contributed by atoms with Crippen LogP contribution < -0.4 is 10.6 Å². The number of hydrogen-bond acceptors (Lipinski definition) is 4. The summed E-state index contributed by atoms with van der Waals surface area (Å²) in [6.07, 6.45) is 3.34. The van der Waals surface area contributed by atoms with Crippen molar-refractivity contribution >= 4 is 23.3 Å². The van der Waals surface area contributed by atoms with Crippen LogP contribution in [-0.4, -0.2) is 34.5 Å². The van der Waals surface area contributed by atoms with E-state index in [1.807, 2.05) is 39.8 Å². The molecule has 0 saturated heterocycles. The van der Waals surface area contributed by atoms with Gasteiger partial charge in [-0.3, -0.25) is 4.79 Å². The van der Waals surface area contributed by atoms with E-state index in [-0.39, 0.29) is 5.82 Å². The maximum atomic E-state index is 14.9. The summed E-state index contributed by atoms with van der Waals surface area (Å²) in [5, 5.41) is 5.93.